The topological polar surface area (TPSA) is 46.9 Å². The number of rotatable bonds is 4. The van der Waals surface area contributed by atoms with Crippen molar-refractivity contribution in [1.29, 1.82) is 0 Å². The molecule has 1 unspecified atom stereocenters. The van der Waals surface area contributed by atoms with Gasteiger partial charge in [-0.05, 0) is 55.2 Å². The van der Waals surface area contributed by atoms with Crippen LogP contribution in [0.3, 0.4) is 0 Å². The van der Waals surface area contributed by atoms with E-state index in [9.17, 15) is 4.79 Å². The highest BCUT2D eigenvalue weighted by Gasteiger charge is 2.19. The van der Waals surface area contributed by atoms with Gasteiger partial charge in [0, 0.05) is 11.9 Å². The van der Waals surface area contributed by atoms with Gasteiger partial charge in [-0.3, -0.25) is 9.48 Å². The van der Waals surface area contributed by atoms with Crippen LogP contribution in [0.2, 0.25) is 0 Å². The molecule has 1 aromatic carbocycles. The lowest BCUT2D eigenvalue weighted by Gasteiger charge is -2.15. The Hall–Kier alpha value is -2.10. The number of para-hydroxylation sites is 1. The third kappa shape index (κ3) is 3.46. The van der Waals surface area contributed by atoms with Gasteiger partial charge in [-0.2, -0.15) is 5.10 Å². The summed E-state index contributed by atoms with van der Waals surface area (Å²) in [6.07, 6.45) is 6.26. The first-order valence-corrected chi connectivity index (χ1v) is 8.50. The zero-order valence-electron chi connectivity index (χ0n) is 14.2. The Morgan fingerprint density at radius 2 is 2.26 bits per heavy atom. The number of nitrogens with one attached hydrogen (secondary N) is 1. The van der Waals surface area contributed by atoms with Crippen molar-refractivity contribution in [2.24, 2.45) is 5.92 Å². The summed E-state index contributed by atoms with van der Waals surface area (Å²) in [7, 11) is 0. The average molecular weight is 311 g/mol. The van der Waals surface area contributed by atoms with E-state index in [1.54, 1.807) is 4.68 Å². The lowest BCUT2D eigenvalue weighted by atomic mass is 9.89. The predicted octanol–water partition coefficient (Wildman–Crippen LogP) is 3.52. The molecule has 0 spiro atoms. The highest BCUT2D eigenvalue weighted by molar-refractivity contribution is 5.92. The Balaban J connectivity index is 1.71. The van der Waals surface area contributed by atoms with Gasteiger partial charge in [0.15, 0.2) is 0 Å². The normalized spacial score (nSPS) is 16.9. The molecule has 1 N–H and O–H groups in total. The number of benzene rings is 1. The average Bonchev–Trinajstić information content (AvgIpc) is 2.90. The highest BCUT2D eigenvalue weighted by Crippen LogP contribution is 2.24. The lowest BCUT2D eigenvalue weighted by molar-refractivity contribution is -0.116. The quantitative estimate of drug-likeness (QED) is 0.939. The molecule has 1 aliphatic carbocycles. The monoisotopic (exact) mass is 311 g/mol. The SMILES string of the molecule is CCc1cccc(C)c1NC(=O)Cn1cc2c(n1)CCC(C)C2. The molecule has 1 heterocycles. The maximum Gasteiger partial charge on any atom is 0.246 e. The van der Waals surface area contributed by atoms with Gasteiger partial charge in [-0.25, -0.2) is 0 Å². The number of amides is 1. The maximum absolute atomic E-state index is 12.4. The number of fused-ring (bicyclic) bond motifs is 1. The number of aromatic nitrogens is 2. The summed E-state index contributed by atoms with van der Waals surface area (Å²) in [4.78, 5) is 12.4. The Morgan fingerprint density at radius 1 is 1.43 bits per heavy atom. The van der Waals surface area contributed by atoms with Gasteiger partial charge in [-0.15, -0.1) is 0 Å². The van der Waals surface area contributed by atoms with Crippen LogP contribution in [0.15, 0.2) is 24.4 Å². The van der Waals surface area contributed by atoms with Crippen molar-refractivity contribution in [3.05, 3.63) is 46.8 Å². The molecule has 0 bridgehead atoms. The van der Waals surface area contributed by atoms with E-state index in [2.05, 4.69) is 30.3 Å². The molecule has 1 amide bonds. The summed E-state index contributed by atoms with van der Waals surface area (Å²) in [6.45, 7) is 6.69. The van der Waals surface area contributed by atoms with E-state index in [0.717, 1.165) is 30.5 Å². The minimum absolute atomic E-state index is 0.0121. The van der Waals surface area contributed by atoms with E-state index in [4.69, 9.17) is 0 Å². The molecular weight excluding hydrogens is 286 g/mol. The summed E-state index contributed by atoms with van der Waals surface area (Å²) < 4.78 is 1.79. The van der Waals surface area contributed by atoms with Crippen LogP contribution >= 0.6 is 0 Å². The van der Waals surface area contributed by atoms with Gasteiger partial charge in [0.2, 0.25) is 5.91 Å². The third-order valence-electron chi connectivity index (χ3n) is 4.68. The Labute approximate surface area is 137 Å². The zero-order chi connectivity index (χ0) is 16.4. The molecule has 1 atom stereocenters. The largest absolute Gasteiger partial charge is 0.324 e. The smallest absolute Gasteiger partial charge is 0.246 e. The van der Waals surface area contributed by atoms with Crippen molar-refractivity contribution < 1.29 is 4.79 Å². The summed E-state index contributed by atoms with van der Waals surface area (Å²) in [5, 5.41) is 7.66. The Morgan fingerprint density at radius 3 is 3.04 bits per heavy atom. The number of anilines is 1. The van der Waals surface area contributed by atoms with Crippen molar-refractivity contribution >= 4 is 11.6 Å². The molecule has 1 aromatic heterocycles. The molecule has 0 aliphatic heterocycles. The van der Waals surface area contributed by atoms with Crippen LogP contribution in [0.1, 0.15) is 42.7 Å². The first-order chi connectivity index (χ1) is 11.1. The third-order valence-corrected chi connectivity index (χ3v) is 4.68. The fourth-order valence-electron chi connectivity index (χ4n) is 3.35. The van der Waals surface area contributed by atoms with Crippen molar-refractivity contribution in [3.63, 3.8) is 0 Å². The van der Waals surface area contributed by atoms with Crippen LogP contribution in [0.4, 0.5) is 5.69 Å². The van der Waals surface area contributed by atoms with Crippen LogP contribution in [-0.4, -0.2) is 15.7 Å². The molecule has 122 valence electrons. The van der Waals surface area contributed by atoms with E-state index in [-0.39, 0.29) is 12.5 Å². The summed E-state index contributed by atoms with van der Waals surface area (Å²) >= 11 is 0. The Kier molecular flexibility index (Phi) is 4.51. The number of hydrogen-bond acceptors (Lipinski definition) is 2. The minimum Gasteiger partial charge on any atom is -0.324 e. The van der Waals surface area contributed by atoms with Gasteiger partial charge in [-0.1, -0.05) is 32.0 Å². The molecule has 2 aromatic rings. The fraction of sp³-hybridized carbons (Fsp3) is 0.474. The molecule has 0 radical (unpaired) electrons. The molecule has 4 heteroatoms. The van der Waals surface area contributed by atoms with E-state index >= 15 is 0 Å². The van der Waals surface area contributed by atoms with Crippen molar-refractivity contribution in [1.82, 2.24) is 9.78 Å². The van der Waals surface area contributed by atoms with E-state index in [1.165, 1.54) is 23.2 Å². The second kappa shape index (κ2) is 6.57. The number of nitrogens with zero attached hydrogens (tertiary/aromatic N) is 2. The molecule has 0 fully saturated rings. The number of hydrogen-bond donors (Lipinski definition) is 1. The van der Waals surface area contributed by atoms with Crippen molar-refractivity contribution in [2.75, 3.05) is 5.32 Å². The van der Waals surface area contributed by atoms with Crippen LogP contribution in [0.25, 0.3) is 0 Å². The molecular formula is C19H25N3O. The van der Waals surface area contributed by atoms with Crippen molar-refractivity contribution in [3.8, 4) is 0 Å². The van der Waals surface area contributed by atoms with Crippen LogP contribution in [-0.2, 0) is 30.6 Å². The number of aryl methyl sites for hydroxylation is 3. The second-order valence-corrected chi connectivity index (χ2v) is 6.66. The van der Waals surface area contributed by atoms with E-state index in [1.807, 2.05) is 25.3 Å². The molecule has 0 saturated heterocycles. The number of carbonyl (C=O) groups excluding carboxylic acids is 1. The first kappa shape index (κ1) is 15.8. The van der Waals surface area contributed by atoms with Gasteiger partial charge >= 0.3 is 0 Å². The predicted molar refractivity (Wildman–Crippen MR) is 92.6 cm³/mol. The van der Waals surface area contributed by atoms with Crippen LogP contribution < -0.4 is 5.32 Å². The second-order valence-electron chi connectivity index (χ2n) is 6.66. The molecule has 0 saturated carbocycles. The fourth-order valence-corrected chi connectivity index (χ4v) is 3.35. The van der Waals surface area contributed by atoms with Gasteiger partial charge < -0.3 is 5.32 Å². The van der Waals surface area contributed by atoms with Crippen LogP contribution in [0.5, 0.6) is 0 Å². The summed E-state index contributed by atoms with van der Waals surface area (Å²) in [5.74, 6) is 0.704. The molecule has 1 aliphatic rings. The zero-order valence-corrected chi connectivity index (χ0v) is 14.2. The van der Waals surface area contributed by atoms with E-state index in [0.29, 0.717) is 5.92 Å². The molecule has 4 nitrogen and oxygen atoms in total. The summed E-state index contributed by atoms with van der Waals surface area (Å²) in [5.41, 5.74) is 5.70. The molecule has 23 heavy (non-hydrogen) atoms. The lowest BCUT2D eigenvalue weighted by Crippen LogP contribution is -2.20. The standard InChI is InChI=1S/C19H25N3O/c1-4-15-7-5-6-14(3)19(15)20-18(23)12-22-11-16-10-13(2)8-9-17(16)21-22/h5-7,11,13H,4,8-10,12H2,1-3H3,(H,20,23). The maximum atomic E-state index is 12.4. The molecule has 3 rings (SSSR count). The summed E-state index contributed by atoms with van der Waals surface area (Å²) in [6, 6.07) is 6.13. The highest BCUT2D eigenvalue weighted by atomic mass is 16.2. The van der Waals surface area contributed by atoms with Crippen LogP contribution in [0, 0.1) is 12.8 Å². The van der Waals surface area contributed by atoms with E-state index < -0.39 is 0 Å². The first-order valence-electron chi connectivity index (χ1n) is 8.50. The number of carbonyl (C=O) groups is 1. The van der Waals surface area contributed by atoms with Gasteiger partial charge in [0.1, 0.15) is 6.54 Å². The van der Waals surface area contributed by atoms with Gasteiger partial charge in [0.05, 0.1) is 5.69 Å². The van der Waals surface area contributed by atoms with Crippen molar-refractivity contribution in [2.45, 2.75) is 53.0 Å². The minimum atomic E-state index is -0.0121. The Bertz CT molecular complexity index is 717. The van der Waals surface area contributed by atoms with Gasteiger partial charge in [0.25, 0.3) is 0 Å².